The van der Waals surface area contributed by atoms with Crippen molar-refractivity contribution in [2.75, 3.05) is 10.6 Å². The summed E-state index contributed by atoms with van der Waals surface area (Å²) in [6.07, 6.45) is 3.78. The van der Waals surface area contributed by atoms with Gasteiger partial charge in [0.25, 0.3) is 0 Å². The Hall–Kier alpha value is -2.79. The van der Waals surface area contributed by atoms with Gasteiger partial charge in [0.2, 0.25) is 22.1 Å². The van der Waals surface area contributed by atoms with Crippen molar-refractivity contribution in [3.63, 3.8) is 0 Å². The van der Waals surface area contributed by atoms with Crippen LogP contribution < -0.4 is 10.6 Å². The highest BCUT2D eigenvalue weighted by molar-refractivity contribution is 7.15. The van der Waals surface area contributed by atoms with Crippen LogP contribution in [0.15, 0.2) is 24.3 Å². The molecule has 2 aromatic heterocycles. The number of hydrogen-bond donors (Lipinski definition) is 2. The Labute approximate surface area is 186 Å². The molecular formula is C20H21FN6O2S2. The van der Waals surface area contributed by atoms with E-state index in [0.29, 0.717) is 27.7 Å². The monoisotopic (exact) mass is 460 g/mol. The number of hydrogen-bond acceptors (Lipinski definition) is 8. The van der Waals surface area contributed by atoms with E-state index in [0.717, 1.165) is 35.7 Å². The second kappa shape index (κ2) is 9.56. The van der Waals surface area contributed by atoms with Gasteiger partial charge in [0.1, 0.15) is 15.8 Å². The lowest BCUT2D eigenvalue weighted by Crippen LogP contribution is -2.15. The van der Waals surface area contributed by atoms with Gasteiger partial charge in [-0.05, 0) is 36.8 Å². The third-order valence-electron chi connectivity index (χ3n) is 5.10. The molecule has 2 heterocycles. The lowest BCUT2D eigenvalue weighted by atomic mass is 10.0. The summed E-state index contributed by atoms with van der Waals surface area (Å²) in [5.41, 5.74) is 0.347. The van der Waals surface area contributed by atoms with Crippen molar-refractivity contribution >= 4 is 44.8 Å². The fraction of sp³-hybridized carbons (Fsp3) is 0.400. The fourth-order valence-corrected chi connectivity index (χ4v) is 5.50. The summed E-state index contributed by atoms with van der Waals surface area (Å²) in [6.45, 7) is 1.45. The lowest BCUT2D eigenvalue weighted by Gasteiger charge is -2.06. The van der Waals surface area contributed by atoms with Gasteiger partial charge in [-0.15, -0.1) is 20.4 Å². The summed E-state index contributed by atoms with van der Waals surface area (Å²) in [5, 5.41) is 24.7. The van der Waals surface area contributed by atoms with E-state index in [2.05, 4.69) is 31.0 Å². The molecule has 1 aliphatic carbocycles. The highest BCUT2D eigenvalue weighted by atomic mass is 32.1. The first kappa shape index (κ1) is 21.4. The molecule has 0 spiro atoms. The molecule has 11 heteroatoms. The zero-order chi connectivity index (χ0) is 21.8. The van der Waals surface area contributed by atoms with Crippen LogP contribution in [0.3, 0.4) is 0 Å². The smallest absolute Gasteiger partial charge is 0.230 e. The van der Waals surface area contributed by atoms with Crippen LogP contribution in [0.4, 0.5) is 14.7 Å². The average Bonchev–Trinajstić information content (AvgIpc) is 3.45. The maximum atomic E-state index is 13.7. The third-order valence-corrected chi connectivity index (χ3v) is 6.96. The summed E-state index contributed by atoms with van der Waals surface area (Å²) in [5.74, 6) is -0.0861. The molecule has 2 unspecified atom stereocenters. The van der Waals surface area contributed by atoms with Crippen LogP contribution in [0.1, 0.15) is 47.7 Å². The molecule has 0 aliphatic heterocycles. The van der Waals surface area contributed by atoms with Crippen LogP contribution in [-0.4, -0.2) is 32.2 Å². The molecule has 1 saturated carbocycles. The molecule has 1 aliphatic rings. The number of halogens is 1. The number of aromatic nitrogens is 4. The van der Waals surface area contributed by atoms with Gasteiger partial charge in [0, 0.05) is 19.3 Å². The predicted molar refractivity (Wildman–Crippen MR) is 117 cm³/mol. The number of nitrogens with zero attached hydrogens (tertiary/aromatic N) is 4. The quantitative estimate of drug-likeness (QED) is 0.555. The van der Waals surface area contributed by atoms with Gasteiger partial charge in [0.15, 0.2) is 0 Å². The van der Waals surface area contributed by atoms with Gasteiger partial charge < -0.3 is 10.6 Å². The predicted octanol–water partition coefficient (Wildman–Crippen LogP) is 3.79. The van der Waals surface area contributed by atoms with Gasteiger partial charge >= 0.3 is 0 Å². The highest BCUT2D eigenvalue weighted by Gasteiger charge is 2.29. The van der Waals surface area contributed by atoms with Crippen LogP contribution in [-0.2, 0) is 22.4 Å². The molecule has 1 fully saturated rings. The maximum absolute atomic E-state index is 13.7. The van der Waals surface area contributed by atoms with Gasteiger partial charge in [-0.3, -0.25) is 9.59 Å². The van der Waals surface area contributed by atoms with E-state index in [1.54, 1.807) is 18.2 Å². The van der Waals surface area contributed by atoms with Crippen LogP contribution in [0, 0.1) is 11.7 Å². The first-order chi connectivity index (χ1) is 15.0. The van der Waals surface area contributed by atoms with E-state index in [-0.39, 0.29) is 18.2 Å². The second-order valence-electron chi connectivity index (χ2n) is 7.52. The zero-order valence-corrected chi connectivity index (χ0v) is 18.4. The molecule has 0 saturated heterocycles. The Morgan fingerprint density at radius 2 is 1.84 bits per heavy atom. The van der Waals surface area contributed by atoms with E-state index in [4.69, 9.17) is 0 Å². The van der Waals surface area contributed by atoms with Crippen LogP contribution >= 0.6 is 22.7 Å². The van der Waals surface area contributed by atoms with Crippen molar-refractivity contribution in [1.29, 1.82) is 0 Å². The Morgan fingerprint density at radius 1 is 1.06 bits per heavy atom. The molecule has 31 heavy (non-hydrogen) atoms. The minimum atomic E-state index is -0.397. The van der Waals surface area contributed by atoms with Gasteiger partial charge in [-0.25, -0.2) is 4.39 Å². The number of benzene rings is 1. The summed E-state index contributed by atoms with van der Waals surface area (Å²) in [6, 6.07) is 6.22. The first-order valence-electron chi connectivity index (χ1n) is 9.93. The van der Waals surface area contributed by atoms with Crippen LogP contribution in [0.25, 0.3) is 0 Å². The Kier molecular flexibility index (Phi) is 6.62. The highest BCUT2D eigenvalue weighted by Crippen LogP contribution is 2.41. The molecule has 8 nitrogen and oxygen atoms in total. The van der Waals surface area contributed by atoms with Gasteiger partial charge in [-0.2, -0.15) is 0 Å². The molecular weight excluding hydrogens is 439 g/mol. The number of carbonyl (C=O) groups is 2. The second-order valence-corrected chi connectivity index (χ2v) is 9.60. The van der Waals surface area contributed by atoms with E-state index in [1.165, 1.54) is 35.7 Å². The van der Waals surface area contributed by atoms with Crippen LogP contribution in [0.2, 0.25) is 0 Å². The molecule has 4 rings (SSSR count). The van der Waals surface area contributed by atoms with E-state index >= 15 is 0 Å². The lowest BCUT2D eigenvalue weighted by molar-refractivity contribution is -0.116. The number of amides is 2. The molecule has 3 aromatic rings. The van der Waals surface area contributed by atoms with Gasteiger partial charge in [-0.1, -0.05) is 40.9 Å². The summed E-state index contributed by atoms with van der Waals surface area (Å²) in [4.78, 5) is 23.3. The first-order valence-corrected chi connectivity index (χ1v) is 11.6. The molecule has 162 valence electrons. The van der Waals surface area contributed by atoms with Crippen molar-refractivity contribution in [1.82, 2.24) is 20.4 Å². The summed E-state index contributed by atoms with van der Waals surface area (Å²) < 4.78 is 13.7. The minimum absolute atomic E-state index is 0.0474. The Bertz CT molecular complexity index is 1090. The number of carbonyl (C=O) groups excluding carboxylic acids is 2. The van der Waals surface area contributed by atoms with Crippen molar-refractivity contribution < 1.29 is 14.0 Å². The Morgan fingerprint density at radius 3 is 2.65 bits per heavy atom. The van der Waals surface area contributed by atoms with E-state index in [1.807, 2.05) is 0 Å². The topological polar surface area (TPSA) is 110 Å². The zero-order valence-electron chi connectivity index (χ0n) is 16.8. The normalized spacial score (nSPS) is 18.1. The molecule has 0 bridgehead atoms. The summed E-state index contributed by atoms with van der Waals surface area (Å²) in [7, 11) is 0. The minimum Gasteiger partial charge on any atom is -0.301 e. The third kappa shape index (κ3) is 5.67. The standard InChI is InChI=1S/C20H21FN6O2S2/c1-11(28)22-19-27-25-18(31-19)14-7-6-12(8-14)9-17-24-26-20(30-17)23-16(29)10-13-4-2-3-5-15(13)21/h2-5,12,14H,6-10H2,1H3,(H,22,27,28)(H,23,26,29). The van der Waals surface area contributed by atoms with E-state index < -0.39 is 5.82 Å². The largest absolute Gasteiger partial charge is 0.301 e. The van der Waals surface area contributed by atoms with Crippen molar-refractivity contribution in [2.45, 2.75) is 44.9 Å². The number of rotatable bonds is 7. The number of nitrogens with one attached hydrogen (secondary N) is 2. The van der Waals surface area contributed by atoms with Crippen molar-refractivity contribution in [3.8, 4) is 0 Å². The molecule has 2 amide bonds. The molecule has 2 atom stereocenters. The molecule has 0 radical (unpaired) electrons. The average molecular weight is 461 g/mol. The fourth-order valence-electron chi connectivity index (χ4n) is 3.70. The summed E-state index contributed by atoms with van der Waals surface area (Å²) >= 11 is 2.78. The molecule has 1 aromatic carbocycles. The maximum Gasteiger partial charge on any atom is 0.230 e. The molecule has 2 N–H and O–H groups in total. The SMILES string of the molecule is CC(=O)Nc1nnc(C2CCC(Cc3nnc(NC(=O)Cc4ccccc4F)s3)C2)s1. The van der Waals surface area contributed by atoms with Gasteiger partial charge in [0.05, 0.1) is 6.42 Å². The van der Waals surface area contributed by atoms with Crippen LogP contribution in [0.5, 0.6) is 0 Å². The van der Waals surface area contributed by atoms with Crippen molar-refractivity contribution in [2.24, 2.45) is 5.92 Å². The van der Waals surface area contributed by atoms with E-state index in [9.17, 15) is 14.0 Å². The Balaban J connectivity index is 1.28. The van der Waals surface area contributed by atoms with Crippen molar-refractivity contribution in [3.05, 3.63) is 45.7 Å². The number of anilines is 2.